The van der Waals surface area contributed by atoms with Crippen LogP contribution in [0.25, 0.3) is 44.2 Å². The summed E-state index contributed by atoms with van der Waals surface area (Å²) in [5, 5.41) is 8.06. The average molecular weight is 822 g/mol. The van der Waals surface area contributed by atoms with E-state index >= 15 is 0 Å². The Kier molecular flexibility index (Phi) is 9.60. The zero-order valence-corrected chi connectivity index (χ0v) is 36.6. The van der Waals surface area contributed by atoms with Crippen LogP contribution >= 0.6 is 0 Å². The van der Waals surface area contributed by atoms with Crippen LogP contribution in [0.3, 0.4) is 0 Å². The Labute approximate surface area is 372 Å². The van der Waals surface area contributed by atoms with Crippen molar-refractivity contribution in [3.8, 4) is 33.4 Å². The maximum atomic E-state index is 2.41. The smallest absolute Gasteiger partial charge is 0.179 e. The van der Waals surface area contributed by atoms with Gasteiger partial charge >= 0.3 is 0 Å². The molecule has 0 aromatic heterocycles. The quantitative estimate of drug-likeness (QED) is 0.104. The fourth-order valence-electron chi connectivity index (χ4n) is 10.2. The highest BCUT2D eigenvalue weighted by Gasteiger charge is 2.41. The maximum Gasteiger partial charge on any atom is 0.179 e. The molecule has 1 aliphatic carbocycles. The number of anilines is 3. The van der Waals surface area contributed by atoms with Crippen LogP contribution < -0.4 is 25.6 Å². The zero-order chi connectivity index (χ0) is 42.4. The number of benzene rings is 10. The van der Waals surface area contributed by atoms with E-state index in [1.807, 2.05) is 0 Å². The number of hydrogen-bond donors (Lipinski definition) is 0. The Morgan fingerprint density at radius 1 is 0.302 bits per heavy atom. The van der Waals surface area contributed by atoms with Gasteiger partial charge in [-0.1, -0.05) is 214 Å². The van der Waals surface area contributed by atoms with E-state index in [4.69, 9.17) is 0 Å². The molecule has 0 fully saturated rings. The van der Waals surface area contributed by atoms with Gasteiger partial charge in [0.1, 0.15) is 0 Å². The number of nitrogens with zero attached hydrogens (tertiary/aromatic N) is 1. The second-order valence-electron chi connectivity index (χ2n) is 17.3. The summed E-state index contributed by atoms with van der Waals surface area (Å²) < 4.78 is 0. The van der Waals surface area contributed by atoms with Gasteiger partial charge in [-0.2, -0.15) is 0 Å². The van der Waals surface area contributed by atoms with Crippen molar-refractivity contribution in [3.63, 3.8) is 0 Å². The molecule has 0 spiro atoms. The SMILES string of the molecule is CC1(C)c2ccc(N(c3ccc(-c4ccccc4)cc3)c3ccc(-c4ccc([Si](c5ccccc5)(c5ccccc5)c5ccccc5)cc4)cc3)cc2-c2cc3ccccc3cc21. The first-order valence-electron chi connectivity index (χ1n) is 22.0. The highest BCUT2D eigenvalue weighted by molar-refractivity contribution is 7.19. The summed E-state index contributed by atoms with van der Waals surface area (Å²) in [4.78, 5) is 2.41. The second-order valence-corrected chi connectivity index (χ2v) is 21.1. The van der Waals surface area contributed by atoms with E-state index in [1.165, 1.54) is 76.0 Å². The molecule has 0 aliphatic heterocycles. The summed E-state index contributed by atoms with van der Waals surface area (Å²) >= 11 is 0. The number of hydrogen-bond acceptors (Lipinski definition) is 1. The van der Waals surface area contributed by atoms with Crippen LogP contribution in [0, 0.1) is 0 Å². The molecule has 0 N–H and O–H groups in total. The molecule has 0 heterocycles. The topological polar surface area (TPSA) is 3.24 Å². The predicted octanol–water partition coefficient (Wildman–Crippen LogP) is 13.3. The summed E-state index contributed by atoms with van der Waals surface area (Å²) in [5.74, 6) is 0. The van der Waals surface area contributed by atoms with Gasteiger partial charge in [0, 0.05) is 22.5 Å². The lowest BCUT2D eigenvalue weighted by Crippen LogP contribution is -2.74. The molecular weight excluding hydrogens is 775 g/mol. The molecule has 0 radical (unpaired) electrons. The van der Waals surface area contributed by atoms with Crippen molar-refractivity contribution in [2.75, 3.05) is 4.90 Å². The van der Waals surface area contributed by atoms with E-state index in [1.54, 1.807) is 0 Å². The van der Waals surface area contributed by atoms with Gasteiger partial charge in [0.25, 0.3) is 0 Å². The molecule has 0 amide bonds. The molecule has 300 valence electrons. The largest absolute Gasteiger partial charge is 0.310 e. The van der Waals surface area contributed by atoms with Crippen LogP contribution in [0.15, 0.2) is 249 Å². The van der Waals surface area contributed by atoms with Crippen LogP contribution in [0.5, 0.6) is 0 Å². The number of fused-ring (bicyclic) bond motifs is 4. The first kappa shape index (κ1) is 38.4. The molecule has 10 aromatic rings. The first-order chi connectivity index (χ1) is 31.0. The van der Waals surface area contributed by atoms with E-state index in [-0.39, 0.29) is 5.41 Å². The highest BCUT2D eigenvalue weighted by Crippen LogP contribution is 2.52. The average Bonchev–Trinajstić information content (AvgIpc) is 3.57. The zero-order valence-electron chi connectivity index (χ0n) is 35.6. The van der Waals surface area contributed by atoms with Gasteiger partial charge in [0.15, 0.2) is 8.07 Å². The van der Waals surface area contributed by atoms with E-state index in [2.05, 4.69) is 267 Å². The van der Waals surface area contributed by atoms with Gasteiger partial charge in [-0.15, -0.1) is 0 Å². The Bertz CT molecular complexity index is 3100. The van der Waals surface area contributed by atoms with Crippen LogP contribution in [0.4, 0.5) is 17.1 Å². The fourth-order valence-corrected chi connectivity index (χ4v) is 15.0. The first-order valence-corrected chi connectivity index (χ1v) is 24.0. The lowest BCUT2D eigenvalue weighted by molar-refractivity contribution is 0.661. The lowest BCUT2D eigenvalue weighted by atomic mass is 9.82. The minimum absolute atomic E-state index is 0.0992. The predicted molar refractivity (Wildman–Crippen MR) is 271 cm³/mol. The molecule has 63 heavy (non-hydrogen) atoms. The standard InChI is InChI=1S/C61H47NSi/c1-61(2)59-40-37-52(43-58(59)57-41-48-19-15-16-20-49(48)42-60(57)61)62(50-33-27-45(28-34-50)44-17-7-3-8-18-44)51-35-29-46(30-36-51)47-31-38-56(39-32-47)63(53-21-9-4-10-22-53,54-23-11-5-12-24-54)55-25-13-6-14-26-55/h3-43H,1-2H3. The molecule has 0 saturated carbocycles. The van der Waals surface area contributed by atoms with Crippen LogP contribution in [-0.2, 0) is 5.41 Å². The molecule has 0 atom stereocenters. The number of rotatable bonds is 9. The van der Waals surface area contributed by atoms with Crippen molar-refractivity contribution in [2.24, 2.45) is 0 Å². The van der Waals surface area contributed by atoms with Gasteiger partial charge in [0.2, 0.25) is 0 Å². The van der Waals surface area contributed by atoms with E-state index < -0.39 is 8.07 Å². The van der Waals surface area contributed by atoms with E-state index in [0.717, 1.165) is 17.1 Å². The molecular formula is C61H47NSi. The Morgan fingerprint density at radius 3 is 1.16 bits per heavy atom. The molecule has 0 unspecified atom stereocenters. The van der Waals surface area contributed by atoms with Gasteiger partial charge in [0.05, 0.1) is 0 Å². The van der Waals surface area contributed by atoms with Crippen molar-refractivity contribution >= 4 is 56.7 Å². The van der Waals surface area contributed by atoms with Gasteiger partial charge < -0.3 is 4.90 Å². The van der Waals surface area contributed by atoms with E-state index in [0.29, 0.717) is 0 Å². The Balaban J connectivity index is 0.996. The van der Waals surface area contributed by atoms with Crippen molar-refractivity contribution in [1.82, 2.24) is 0 Å². The molecule has 11 rings (SSSR count). The van der Waals surface area contributed by atoms with Crippen molar-refractivity contribution in [3.05, 3.63) is 260 Å². The summed E-state index contributed by atoms with van der Waals surface area (Å²) in [7, 11) is -2.61. The van der Waals surface area contributed by atoms with Crippen molar-refractivity contribution in [2.45, 2.75) is 19.3 Å². The fraction of sp³-hybridized carbons (Fsp3) is 0.0492. The summed E-state index contributed by atoms with van der Waals surface area (Å²) in [6.45, 7) is 4.73. The Morgan fingerprint density at radius 2 is 0.667 bits per heavy atom. The minimum Gasteiger partial charge on any atom is -0.310 e. The monoisotopic (exact) mass is 821 g/mol. The van der Waals surface area contributed by atoms with Crippen molar-refractivity contribution < 1.29 is 0 Å². The Hall–Kier alpha value is -7.52. The molecule has 0 saturated heterocycles. The normalized spacial score (nSPS) is 12.7. The molecule has 0 bridgehead atoms. The second kappa shape index (κ2) is 15.7. The van der Waals surface area contributed by atoms with Crippen molar-refractivity contribution in [1.29, 1.82) is 0 Å². The summed E-state index contributed by atoms with van der Waals surface area (Å²) in [6, 6.07) is 92.2. The van der Waals surface area contributed by atoms with Gasteiger partial charge in [-0.25, -0.2) is 0 Å². The third-order valence-electron chi connectivity index (χ3n) is 13.4. The summed E-state index contributed by atoms with van der Waals surface area (Å²) in [6.07, 6.45) is 0. The highest BCUT2D eigenvalue weighted by atomic mass is 28.3. The molecule has 1 aliphatic rings. The lowest BCUT2D eigenvalue weighted by Gasteiger charge is -2.34. The van der Waals surface area contributed by atoms with Crippen LogP contribution in [0.2, 0.25) is 0 Å². The van der Waals surface area contributed by atoms with Crippen LogP contribution in [-0.4, -0.2) is 8.07 Å². The van der Waals surface area contributed by atoms with Gasteiger partial charge in [-0.05, 0) is 125 Å². The third-order valence-corrected chi connectivity index (χ3v) is 18.2. The van der Waals surface area contributed by atoms with E-state index in [9.17, 15) is 0 Å². The molecule has 1 nitrogen and oxygen atoms in total. The molecule has 10 aromatic carbocycles. The minimum atomic E-state index is -2.61. The van der Waals surface area contributed by atoms with Gasteiger partial charge in [-0.3, -0.25) is 0 Å². The molecule has 2 heteroatoms. The summed E-state index contributed by atoms with van der Waals surface area (Å²) in [5.41, 5.74) is 13.5. The third kappa shape index (κ3) is 6.63. The van der Waals surface area contributed by atoms with Crippen LogP contribution in [0.1, 0.15) is 25.0 Å². The maximum absolute atomic E-state index is 2.61.